The van der Waals surface area contributed by atoms with Crippen LogP contribution < -0.4 is 0 Å². The molecule has 80 valence electrons. The number of aryl methyl sites for hydroxylation is 1. The third-order valence-electron chi connectivity index (χ3n) is 2.18. The van der Waals surface area contributed by atoms with Crippen molar-refractivity contribution in [2.75, 3.05) is 0 Å². The molecule has 0 bridgehead atoms. The number of rotatable bonds is 2. The van der Waals surface area contributed by atoms with Crippen molar-refractivity contribution in [2.45, 2.75) is 0 Å². The minimum absolute atomic E-state index is 0.629. The molecular weight excluding hydrogens is 222 g/mol. The topological polar surface area (TPSA) is 59.4 Å². The zero-order valence-electron chi connectivity index (χ0n) is 8.58. The lowest BCUT2D eigenvalue weighted by molar-refractivity contribution is 0.769. The molecule has 0 unspecified atom stereocenters. The second-order valence-corrected chi connectivity index (χ2v) is 4.31. The summed E-state index contributed by atoms with van der Waals surface area (Å²) in [7, 11) is 1.87. The number of aromatic amines is 1. The minimum atomic E-state index is 0.629. The summed E-state index contributed by atoms with van der Waals surface area (Å²) in [5.74, 6) is 1.42. The molecule has 0 spiro atoms. The SMILES string of the molecule is Cn1ccc(-c2n[nH]c(-c3cccs3)n2)n1. The molecule has 0 aliphatic rings. The lowest BCUT2D eigenvalue weighted by Crippen LogP contribution is -1.88. The second kappa shape index (κ2) is 3.57. The van der Waals surface area contributed by atoms with Crippen LogP contribution in [0.3, 0.4) is 0 Å². The first-order valence-electron chi connectivity index (χ1n) is 4.79. The molecule has 0 atom stereocenters. The maximum Gasteiger partial charge on any atom is 0.202 e. The van der Waals surface area contributed by atoms with Crippen molar-refractivity contribution in [3.8, 4) is 22.2 Å². The molecule has 1 N–H and O–H groups in total. The Labute approximate surface area is 95.8 Å². The van der Waals surface area contributed by atoms with E-state index in [0.29, 0.717) is 5.82 Å². The normalized spacial score (nSPS) is 10.8. The van der Waals surface area contributed by atoms with E-state index in [1.54, 1.807) is 16.0 Å². The third-order valence-corrected chi connectivity index (χ3v) is 3.06. The highest BCUT2D eigenvalue weighted by Gasteiger charge is 2.09. The summed E-state index contributed by atoms with van der Waals surface area (Å²) in [5.41, 5.74) is 0.779. The summed E-state index contributed by atoms with van der Waals surface area (Å²) in [6.07, 6.45) is 1.87. The molecule has 3 rings (SSSR count). The van der Waals surface area contributed by atoms with Crippen molar-refractivity contribution >= 4 is 11.3 Å². The van der Waals surface area contributed by atoms with Gasteiger partial charge in [-0.2, -0.15) is 10.2 Å². The van der Waals surface area contributed by atoms with Crippen molar-refractivity contribution in [3.63, 3.8) is 0 Å². The Kier molecular flexibility index (Phi) is 2.07. The van der Waals surface area contributed by atoms with Gasteiger partial charge in [0, 0.05) is 13.2 Å². The Bertz CT molecular complexity index is 592. The lowest BCUT2D eigenvalue weighted by Gasteiger charge is -1.86. The van der Waals surface area contributed by atoms with Crippen LogP contribution >= 0.6 is 11.3 Å². The van der Waals surface area contributed by atoms with Gasteiger partial charge in [-0.25, -0.2) is 4.98 Å². The molecule has 0 fully saturated rings. The van der Waals surface area contributed by atoms with Gasteiger partial charge in [0.05, 0.1) is 4.88 Å². The first kappa shape index (κ1) is 9.29. The van der Waals surface area contributed by atoms with E-state index in [2.05, 4.69) is 20.3 Å². The maximum absolute atomic E-state index is 4.40. The fourth-order valence-electron chi connectivity index (χ4n) is 1.43. The molecule has 0 saturated carbocycles. The van der Waals surface area contributed by atoms with Crippen LogP contribution in [0.25, 0.3) is 22.2 Å². The fraction of sp³-hybridized carbons (Fsp3) is 0.100. The molecule has 0 radical (unpaired) electrons. The molecule has 5 nitrogen and oxygen atoms in total. The van der Waals surface area contributed by atoms with Crippen LogP contribution in [-0.4, -0.2) is 25.0 Å². The van der Waals surface area contributed by atoms with Gasteiger partial charge >= 0.3 is 0 Å². The van der Waals surface area contributed by atoms with Crippen LogP contribution in [0.1, 0.15) is 0 Å². The Balaban J connectivity index is 2.00. The first-order valence-corrected chi connectivity index (χ1v) is 5.67. The van der Waals surface area contributed by atoms with Crippen molar-refractivity contribution in [2.24, 2.45) is 7.05 Å². The lowest BCUT2D eigenvalue weighted by atomic mass is 10.4. The van der Waals surface area contributed by atoms with Gasteiger partial charge in [0.1, 0.15) is 5.69 Å². The van der Waals surface area contributed by atoms with Crippen LogP contribution in [0.4, 0.5) is 0 Å². The quantitative estimate of drug-likeness (QED) is 0.733. The Hall–Kier alpha value is -1.95. The van der Waals surface area contributed by atoms with Gasteiger partial charge in [0.25, 0.3) is 0 Å². The predicted molar refractivity (Wildman–Crippen MR) is 61.9 cm³/mol. The van der Waals surface area contributed by atoms with Gasteiger partial charge in [0.2, 0.25) is 5.82 Å². The van der Waals surface area contributed by atoms with Gasteiger partial charge in [0.15, 0.2) is 5.82 Å². The summed E-state index contributed by atoms with van der Waals surface area (Å²) in [5, 5.41) is 13.3. The summed E-state index contributed by atoms with van der Waals surface area (Å²) in [6, 6.07) is 5.89. The van der Waals surface area contributed by atoms with E-state index in [9.17, 15) is 0 Å². The number of aromatic nitrogens is 5. The Morgan fingerprint density at radius 1 is 1.38 bits per heavy atom. The van der Waals surface area contributed by atoms with Crippen LogP contribution in [0.15, 0.2) is 29.8 Å². The number of nitrogens with one attached hydrogen (secondary N) is 1. The molecule has 0 saturated heterocycles. The van der Waals surface area contributed by atoms with E-state index in [1.807, 2.05) is 36.8 Å². The highest BCUT2D eigenvalue weighted by molar-refractivity contribution is 7.13. The van der Waals surface area contributed by atoms with E-state index in [0.717, 1.165) is 16.4 Å². The first-order chi connectivity index (χ1) is 7.83. The van der Waals surface area contributed by atoms with E-state index in [4.69, 9.17) is 0 Å². The third kappa shape index (κ3) is 1.53. The zero-order valence-corrected chi connectivity index (χ0v) is 9.40. The number of hydrogen-bond acceptors (Lipinski definition) is 4. The van der Waals surface area contributed by atoms with Gasteiger partial charge in [-0.15, -0.1) is 11.3 Å². The summed E-state index contributed by atoms with van der Waals surface area (Å²) >= 11 is 1.63. The number of thiophene rings is 1. The highest BCUT2D eigenvalue weighted by Crippen LogP contribution is 2.22. The standard InChI is InChI=1S/C10H9N5S/c1-15-5-4-7(14-15)9-11-10(13-12-9)8-3-2-6-16-8/h2-6H,1H3,(H,11,12,13). The highest BCUT2D eigenvalue weighted by atomic mass is 32.1. The maximum atomic E-state index is 4.40. The molecule has 0 aliphatic heterocycles. The Morgan fingerprint density at radius 3 is 3.00 bits per heavy atom. The molecule has 3 aromatic heterocycles. The Morgan fingerprint density at radius 2 is 2.31 bits per heavy atom. The zero-order chi connectivity index (χ0) is 11.0. The van der Waals surface area contributed by atoms with E-state index in [-0.39, 0.29) is 0 Å². The van der Waals surface area contributed by atoms with E-state index < -0.39 is 0 Å². The van der Waals surface area contributed by atoms with Crippen molar-refractivity contribution in [1.82, 2.24) is 25.0 Å². The van der Waals surface area contributed by atoms with Gasteiger partial charge < -0.3 is 0 Å². The predicted octanol–water partition coefficient (Wildman–Crippen LogP) is 1.93. The molecule has 3 aromatic rings. The monoisotopic (exact) mass is 231 g/mol. The summed E-state index contributed by atoms with van der Waals surface area (Å²) < 4.78 is 1.73. The summed E-state index contributed by atoms with van der Waals surface area (Å²) in [6.45, 7) is 0. The van der Waals surface area contributed by atoms with Crippen LogP contribution in [0.5, 0.6) is 0 Å². The fourth-order valence-corrected chi connectivity index (χ4v) is 2.10. The average Bonchev–Trinajstić information content (AvgIpc) is 2.97. The van der Waals surface area contributed by atoms with Crippen molar-refractivity contribution in [1.29, 1.82) is 0 Å². The number of nitrogens with zero attached hydrogens (tertiary/aromatic N) is 4. The molecular formula is C10H9N5S. The van der Waals surface area contributed by atoms with Crippen LogP contribution in [0.2, 0.25) is 0 Å². The van der Waals surface area contributed by atoms with Crippen molar-refractivity contribution < 1.29 is 0 Å². The summed E-state index contributed by atoms with van der Waals surface area (Å²) in [4.78, 5) is 5.48. The van der Waals surface area contributed by atoms with Crippen molar-refractivity contribution in [3.05, 3.63) is 29.8 Å². The van der Waals surface area contributed by atoms with Gasteiger partial charge in [-0.05, 0) is 17.5 Å². The van der Waals surface area contributed by atoms with Gasteiger partial charge in [-0.1, -0.05) is 6.07 Å². The van der Waals surface area contributed by atoms with Crippen LogP contribution in [-0.2, 0) is 7.05 Å². The number of hydrogen-bond donors (Lipinski definition) is 1. The molecule has 3 heterocycles. The van der Waals surface area contributed by atoms with Crippen LogP contribution in [0, 0.1) is 0 Å². The molecule has 0 aliphatic carbocycles. The molecule has 0 amide bonds. The second-order valence-electron chi connectivity index (χ2n) is 3.36. The molecule has 0 aromatic carbocycles. The van der Waals surface area contributed by atoms with E-state index >= 15 is 0 Å². The molecule has 16 heavy (non-hydrogen) atoms. The number of H-pyrrole nitrogens is 1. The largest absolute Gasteiger partial charge is 0.275 e. The smallest absolute Gasteiger partial charge is 0.202 e. The van der Waals surface area contributed by atoms with E-state index in [1.165, 1.54) is 0 Å². The van der Waals surface area contributed by atoms with Gasteiger partial charge in [-0.3, -0.25) is 9.78 Å². The average molecular weight is 231 g/mol. The molecule has 6 heteroatoms. The minimum Gasteiger partial charge on any atom is -0.275 e.